The molecule has 3 heterocycles. The summed E-state index contributed by atoms with van der Waals surface area (Å²) in [5, 5.41) is 11.3. The number of amides is 1. The van der Waals surface area contributed by atoms with Gasteiger partial charge in [-0.1, -0.05) is 6.07 Å². The molecule has 1 amide bonds. The summed E-state index contributed by atoms with van der Waals surface area (Å²) < 4.78 is 17.2. The molecule has 4 aromatic rings. The van der Waals surface area contributed by atoms with Gasteiger partial charge in [0.25, 0.3) is 0 Å². The molecule has 0 radical (unpaired) electrons. The first-order chi connectivity index (χ1) is 15.5. The summed E-state index contributed by atoms with van der Waals surface area (Å²) >= 11 is 0. The van der Waals surface area contributed by atoms with Crippen molar-refractivity contribution in [1.29, 1.82) is 0 Å². The van der Waals surface area contributed by atoms with E-state index in [9.17, 15) is 4.79 Å². The van der Waals surface area contributed by atoms with Gasteiger partial charge in [-0.05, 0) is 50.6 Å². The van der Waals surface area contributed by atoms with Crippen LogP contribution in [0.15, 0.2) is 30.5 Å². The molecule has 0 unspecified atom stereocenters. The zero-order chi connectivity index (χ0) is 22.4. The Bertz CT molecular complexity index is 1320. The van der Waals surface area contributed by atoms with E-state index in [1.807, 2.05) is 20.0 Å². The van der Waals surface area contributed by atoms with Gasteiger partial charge in [-0.2, -0.15) is 5.10 Å². The van der Waals surface area contributed by atoms with Crippen LogP contribution < -0.4 is 10.6 Å². The lowest BCUT2D eigenvalue weighted by Crippen LogP contribution is -2.15. The van der Waals surface area contributed by atoms with Gasteiger partial charge in [0.15, 0.2) is 11.6 Å². The number of aryl methyl sites for hydroxylation is 2. The number of nitrogens with zero attached hydrogens (tertiary/aromatic N) is 4. The predicted octanol–water partition coefficient (Wildman–Crippen LogP) is 3.54. The minimum absolute atomic E-state index is 0.0268. The fraction of sp³-hybridized carbons (Fsp3) is 0.304. The van der Waals surface area contributed by atoms with E-state index in [1.165, 1.54) is 0 Å². The Kier molecular flexibility index (Phi) is 4.97. The summed E-state index contributed by atoms with van der Waals surface area (Å²) in [6.07, 6.45) is 3.55. The maximum atomic E-state index is 15.6. The highest BCUT2D eigenvalue weighted by molar-refractivity contribution is 6.02. The first-order valence-corrected chi connectivity index (χ1v) is 10.6. The van der Waals surface area contributed by atoms with Gasteiger partial charge in [-0.3, -0.25) is 9.48 Å². The number of H-pyrrole nitrogens is 1. The average Bonchev–Trinajstić information content (AvgIpc) is 3.45. The lowest BCUT2D eigenvalue weighted by atomic mass is 10.1. The predicted molar refractivity (Wildman–Crippen MR) is 120 cm³/mol. The van der Waals surface area contributed by atoms with Crippen LogP contribution in [0.3, 0.4) is 0 Å². The highest BCUT2D eigenvalue weighted by atomic mass is 19.1. The molecule has 3 N–H and O–H groups in total. The third-order valence-corrected chi connectivity index (χ3v) is 5.82. The first-order valence-electron chi connectivity index (χ1n) is 10.6. The topological polar surface area (TPSA) is 101 Å². The zero-order valence-corrected chi connectivity index (χ0v) is 18.2. The van der Waals surface area contributed by atoms with Gasteiger partial charge in [-0.15, -0.1) is 0 Å². The van der Waals surface area contributed by atoms with Crippen molar-refractivity contribution in [3.8, 4) is 22.6 Å². The summed E-state index contributed by atoms with van der Waals surface area (Å²) in [6.45, 7) is 2.42. The lowest BCUT2D eigenvalue weighted by Gasteiger charge is -2.08. The SMILES string of the molecule is CNCc1cnc(NC(=O)C2CC2)c2[nH]c(-c3cccc(-c4nc(C)n(C)n4)c3F)cc12. The summed E-state index contributed by atoms with van der Waals surface area (Å²) in [5.74, 6) is 1.13. The number of benzene rings is 1. The van der Waals surface area contributed by atoms with Crippen LogP contribution in [-0.2, 0) is 18.4 Å². The van der Waals surface area contributed by atoms with Crippen molar-refractivity contribution in [2.24, 2.45) is 13.0 Å². The second kappa shape index (κ2) is 7.83. The van der Waals surface area contributed by atoms with Crippen LogP contribution in [0.2, 0.25) is 0 Å². The molecular formula is C23H24FN7O. The molecule has 1 fully saturated rings. The van der Waals surface area contributed by atoms with Gasteiger partial charge < -0.3 is 15.6 Å². The van der Waals surface area contributed by atoms with Gasteiger partial charge in [0.1, 0.15) is 11.6 Å². The highest BCUT2D eigenvalue weighted by Gasteiger charge is 2.30. The number of halogens is 1. The average molecular weight is 433 g/mol. The first kappa shape index (κ1) is 20.3. The number of fused-ring (bicyclic) bond motifs is 1. The minimum atomic E-state index is -0.406. The minimum Gasteiger partial charge on any atom is -0.351 e. The molecule has 9 heteroatoms. The van der Waals surface area contributed by atoms with Crippen LogP contribution in [0.5, 0.6) is 0 Å². The van der Waals surface area contributed by atoms with Gasteiger partial charge in [0, 0.05) is 42.4 Å². The maximum absolute atomic E-state index is 15.6. The summed E-state index contributed by atoms with van der Waals surface area (Å²) in [5.41, 5.74) is 2.96. The van der Waals surface area contributed by atoms with Crippen LogP contribution in [-0.4, -0.2) is 37.7 Å². The van der Waals surface area contributed by atoms with Crippen molar-refractivity contribution >= 4 is 22.6 Å². The normalized spacial score (nSPS) is 13.6. The van der Waals surface area contributed by atoms with Crippen molar-refractivity contribution in [2.75, 3.05) is 12.4 Å². The van der Waals surface area contributed by atoms with Crippen LogP contribution in [0.25, 0.3) is 33.5 Å². The van der Waals surface area contributed by atoms with E-state index in [0.717, 1.165) is 23.8 Å². The zero-order valence-electron chi connectivity index (χ0n) is 18.2. The van der Waals surface area contributed by atoms with Crippen molar-refractivity contribution in [1.82, 2.24) is 30.0 Å². The molecule has 0 saturated heterocycles. The number of nitrogens with one attached hydrogen (secondary N) is 3. The molecule has 1 aliphatic rings. The van der Waals surface area contributed by atoms with Crippen LogP contribution in [0, 0.1) is 18.7 Å². The van der Waals surface area contributed by atoms with Crippen molar-refractivity contribution in [3.63, 3.8) is 0 Å². The van der Waals surface area contributed by atoms with E-state index in [2.05, 4.69) is 30.7 Å². The van der Waals surface area contributed by atoms with Crippen molar-refractivity contribution in [3.05, 3.63) is 47.7 Å². The number of rotatable bonds is 6. The molecule has 1 aromatic carbocycles. The molecule has 164 valence electrons. The number of hydrogen-bond donors (Lipinski definition) is 3. The Balaban J connectivity index is 1.62. The Morgan fingerprint density at radius 2 is 2.09 bits per heavy atom. The molecule has 0 bridgehead atoms. The molecule has 32 heavy (non-hydrogen) atoms. The van der Waals surface area contributed by atoms with E-state index in [1.54, 1.807) is 36.1 Å². The summed E-state index contributed by atoms with van der Waals surface area (Å²) in [4.78, 5) is 24.5. The second-order valence-corrected chi connectivity index (χ2v) is 8.17. The molecule has 1 saturated carbocycles. The maximum Gasteiger partial charge on any atom is 0.228 e. The van der Waals surface area contributed by atoms with Crippen molar-refractivity contribution < 1.29 is 9.18 Å². The van der Waals surface area contributed by atoms with Gasteiger partial charge in [-0.25, -0.2) is 14.4 Å². The fourth-order valence-corrected chi connectivity index (χ4v) is 3.80. The number of anilines is 1. The molecule has 1 aliphatic carbocycles. The van der Waals surface area contributed by atoms with Crippen LogP contribution in [0.1, 0.15) is 24.2 Å². The van der Waals surface area contributed by atoms with Crippen LogP contribution >= 0.6 is 0 Å². The Morgan fingerprint density at radius 3 is 2.78 bits per heavy atom. The molecule has 0 atom stereocenters. The van der Waals surface area contributed by atoms with E-state index < -0.39 is 5.82 Å². The van der Waals surface area contributed by atoms with Gasteiger partial charge in [0.05, 0.1) is 11.1 Å². The van der Waals surface area contributed by atoms with E-state index in [0.29, 0.717) is 46.3 Å². The number of pyridine rings is 1. The lowest BCUT2D eigenvalue weighted by molar-refractivity contribution is -0.117. The highest BCUT2D eigenvalue weighted by Crippen LogP contribution is 2.35. The Labute approximate surface area is 184 Å². The molecule has 3 aromatic heterocycles. The molecule has 5 rings (SSSR count). The molecule has 8 nitrogen and oxygen atoms in total. The van der Waals surface area contributed by atoms with Gasteiger partial charge >= 0.3 is 0 Å². The van der Waals surface area contributed by atoms with Gasteiger partial charge in [0.2, 0.25) is 5.91 Å². The van der Waals surface area contributed by atoms with Crippen LogP contribution in [0.4, 0.5) is 10.2 Å². The molecular weight excluding hydrogens is 409 g/mol. The van der Waals surface area contributed by atoms with E-state index >= 15 is 4.39 Å². The summed E-state index contributed by atoms with van der Waals surface area (Å²) in [6, 6.07) is 7.07. The number of carbonyl (C=O) groups is 1. The number of aromatic nitrogens is 5. The quantitative estimate of drug-likeness (QED) is 0.432. The third kappa shape index (κ3) is 3.54. The van der Waals surface area contributed by atoms with E-state index in [4.69, 9.17) is 0 Å². The third-order valence-electron chi connectivity index (χ3n) is 5.82. The number of hydrogen-bond acceptors (Lipinski definition) is 5. The number of carbonyl (C=O) groups excluding carboxylic acids is 1. The summed E-state index contributed by atoms with van der Waals surface area (Å²) in [7, 11) is 3.63. The largest absolute Gasteiger partial charge is 0.351 e. The monoisotopic (exact) mass is 433 g/mol. The molecule has 0 spiro atoms. The Morgan fingerprint density at radius 1 is 1.31 bits per heavy atom. The smallest absolute Gasteiger partial charge is 0.228 e. The van der Waals surface area contributed by atoms with Crippen molar-refractivity contribution in [2.45, 2.75) is 26.3 Å². The Hall–Kier alpha value is -3.59. The van der Waals surface area contributed by atoms with E-state index in [-0.39, 0.29) is 11.8 Å². The standard InChI is InChI=1S/C23H24FN7O/c1-12-27-21(30-31(12)3)16-6-4-5-15(19(16)24)18-9-17-14(10-25-2)11-26-22(20(17)28-18)29-23(32)13-7-8-13/h4-6,9,11,13,25,28H,7-8,10H2,1-3H3,(H,26,29,32). The number of aromatic amines is 1. The molecule has 0 aliphatic heterocycles. The second-order valence-electron chi connectivity index (χ2n) is 8.17. The fourth-order valence-electron chi connectivity index (χ4n) is 3.80.